The first-order valence-corrected chi connectivity index (χ1v) is 6.23. The molecule has 1 aromatic heterocycles. The van der Waals surface area contributed by atoms with Crippen LogP contribution < -0.4 is 5.32 Å². The van der Waals surface area contributed by atoms with Crippen molar-refractivity contribution in [2.24, 2.45) is 0 Å². The number of hydrogen-bond donors (Lipinski definition) is 1. The Morgan fingerprint density at radius 2 is 2.06 bits per heavy atom. The molecule has 0 saturated carbocycles. The summed E-state index contributed by atoms with van der Waals surface area (Å²) < 4.78 is 1.76. The first-order chi connectivity index (χ1) is 8.74. The summed E-state index contributed by atoms with van der Waals surface area (Å²) in [6.07, 6.45) is 4.03. The molecule has 1 heterocycles. The van der Waals surface area contributed by atoms with E-state index in [0.717, 1.165) is 23.5 Å². The fraction of sp³-hybridized carbons (Fsp3) is 0.214. The second-order valence-electron chi connectivity index (χ2n) is 4.00. The molecule has 0 fully saturated rings. The number of aromatic nitrogens is 2. The summed E-state index contributed by atoms with van der Waals surface area (Å²) in [5.74, 6) is 0. The van der Waals surface area contributed by atoms with Crippen LogP contribution in [0, 0.1) is 6.92 Å². The first kappa shape index (κ1) is 12.9. The molecule has 0 unspecified atom stereocenters. The van der Waals surface area contributed by atoms with Gasteiger partial charge in [-0.05, 0) is 26.1 Å². The summed E-state index contributed by atoms with van der Waals surface area (Å²) in [5.41, 5.74) is 2.87. The van der Waals surface area contributed by atoms with Crippen LogP contribution in [0.3, 0.4) is 0 Å². The maximum absolute atomic E-state index is 6.37. The van der Waals surface area contributed by atoms with Crippen LogP contribution in [0.25, 0.3) is 11.8 Å². The van der Waals surface area contributed by atoms with Gasteiger partial charge >= 0.3 is 0 Å². The van der Waals surface area contributed by atoms with Crippen LogP contribution in [0.15, 0.2) is 36.4 Å². The third-order valence-corrected chi connectivity index (χ3v) is 3.02. The summed E-state index contributed by atoms with van der Waals surface area (Å²) in [6, 6.07) is 9.89. The molecule has 3 nitrogen and oxygen atoms in total. The highest BCUT2D eigenvalue weighted by atomic mass is 35.5. The number of nitrogens with zero attached hydrogens (tertiary/aromatic N) is 2. The van der Waals surface area contributed by atoms with Gasteiger partial charge in [-0.2, -0.15) is 5.10 Å². The minimum Gasteiger partial charge on any atom is -0.316 e. The van der Waals surface area contributed by atoms with E-state index in [1.807, 2.05) is 56.5 Å². The van der Waals surface area contributed by atoms with Crippen molar-refractivity contribution in [1.29, 1.82) is 0 Å². The molecule has 1 aromatic carbocycles. The number of halogens is 1. The van der Waals surface area contributed by atoms with Crippen molar-refractivity contribution in [1.82, 2.24) is 15.1 Å². The van der Waals surface area contributed by atoms with Gasteiger partial charge in [0.25, 0.3) is 0 Å². The van der Waals surface area contributed by atoms with Crippen molar-refractivity contribution < 1.29 is 0 Å². The molecule has 0 amide bonds. The molecule has 4 heteroatoms. The molecule has 0 aliphatic rings. The molecule has 0 saturated heterocycles. The minimum atomic E-state index is 0.644. The number of benzene rings is 1. The third kappa shape index (κ3) is 2.63. The summed E-state index contributed by atoms with van der Waals surface area (Å²) in [6.45, 7) is 2.77. The van der Waals surface area contributed by atoms with Crippen molar-refractivity contribution in [2.45, 2.75) is 6.92 Å². The molecule has 0 atom stereocenters. The maximum atomic E-state index is 6.37. The lowest BCUT2D eigenvalue weighted by molar-refractivity contribution is 0.863. The average molecular weight is 262 g/mol. The van der Waals surface area contributed by atoms with Crippen molar-refractivity contribution in [2.75, 3.05) is 13.6 Å². The number of nitrogens with one attached hydrogen (secondary N) is 1. The van der Waals surface area contributed by atoms with E-state index < -0.39 is 0 Å². The molecule has 0 radical (unpaired) electrons. The molecular formula is C14H16ClN3. The first-order valence-electron chi connectivity index (χ1n) is 5.85. The fourth-order valence-corrected chi connectivity index (χ4v) is 2.07. The summed E-state index contributed by atoms with van der Waals surface area (Å²) in [4.78, 5) is 0. The van der Waals surface area contributed by atoms with E-state index in [4.69, 9.17) is 11.6 Å². The van der Waals surface area contributed by atoms with Gasteiger partial charge in [-0.3, -0.25) is 0 Å². The highest BCUT2D eigenvalue weighted by molar-refractivity contribution is 6.31. The van der Waals surface area contributed by atoms with E-state index in [9.17, 15) is 0 Å². The molecule has 0 aliphatic carbocycles. The number of aryl methyl sites for hydroxylation is 1. The van der Waals surface area contributed by atoms with Gasteiger partial charge < -0.3 is 5.32 Å². The lowest BCUT2D eigenvalue weighted by Crippen LogP contribution is -2.03. The summed E-state index contributed by atoms with van der Waals surface area (Å²) in [7, 11) is 1.91. The fourth-order valence-electron chi connectivity index (χ4n) is 1.74. The molecule has 18 heavy (non-hydrogen) atoms. The maximum Gasteiger partial charge on any atom is 0.140 e. The zero-order valence-corrected chi connectivity index (χ0v) is 11.3. The Balaban J connectivity index is 2.38. The van der Waals surface area contributed by atoms with E-state index in [1.165, 1.54) is 0 Å². The van der Waals surface area contributed by atoms with Gasteiger partial charge in [-0.1, -0.05) is 42.0 Å². The minimum absolute atomic E-state index is 0.644. The van der Waals surface area contributed by atoms with E-state index in [2.05, 4.69) is 10.4 Å². The Hall–Kier alpha value is -1.58. The molecular weight excluding hydrogens is 246 g/mol. The SMILES string of the molecule is CNCC=Cc1c(C)nn(-c2ccccc2)c1Cl. The second kappa shape index (κ2) is 5.85. The van der Waals surface area contributed by atoms with Crippen molar-refractivity contribution in [3.63, 3.8) is 0 Å². The zero-order valence-electron chi connectivity index (χ0n) is 10.5. The van der Waals surface area contributed by atoms with Crippen LogP contribution in [-0.4, -0.2) is 23.4 Å². The largest absolute Gasteiger partial charge is 0.316 e. The smallest absolute Gasteiger partial charge is 0.140 e. The molecule has 0 aliphatic heterocycles. The quantitative estimate of drug-likeness (QED) is 0.917. The van der Waals surface area contributed by atoms with E-state index >= 15 is 0 Å². The van der Waals surface area contributed by atoms with Crippen LogP contribution in [-0.2, 0) is 0 Å². The van der Waals surface area contributed by atoms with Gasteiger partial charge in [0, 0.05) is 12.1 Å². The van der Waals surface area contributed by atoms with Gasteiger partial charge in [0.2, 0.25) is 0 Å². The summed E-state index contributed by atoms with van der Waals surface area (Å²) >= 11 is 6.37. The average Bonchev–Trinajstić information content (AvgIpc) is 2.68. The summed E-state index contributed by atoms with van der Waals surface area (Å²) in [5, 5.41) is 8.17. The number of hydrogen-bond acceptors (Lipinski definition) is 2. The molecule has 94 valence electrons. The highest BCUT2D eigenvalue weighted by Gasteiger charge is 2.11. The topological polar surface area (TPSA) is 29.9 Å². The van der Waals surface area contributed by atoms with Gasteiger partial charge in [-0.25, -0.2) is 4.68 Å². The van der Waals surface area contributed by atoms with Crippen LogP contribution in [0.5, 0.6) is 0 Å². The van der Waals surface area contributed by atoms with E-state index in [-0.39, 0.29) is 0 Å². The van der Waals surface area contributed by atoms with Gasteiger partial charge in [0.15, 0.2) is 0 Å². The van der Waals surface area contributed by atoms with Crippen molar-refractivity contribution in [3.05, 3.63) is 52.8 Å². The van der Waals surface area contributed by atoms with Gasteiger partial charge in [-0.15, -0.1) is 0 Å². The van der Waals surface area contributed by atoms with Gasteiger partial charge in [0.05, 0.1) is 11.4 Å². The Labute approximate surface area is 112 Å². The zero-order chi connectivity index (χ0) is 13.0. The van der Waals surface area contributed by atoms with Gasteiger partial charge in [0.1, 0.15) is 5.15 Å². The predicted molar refractivity (Wildman–Crippen MR) is 76.3 cm³/mol. The number of rotatable bonds is 4. The van der Waals surface area contributed by atoms with Crippen LogP contribution in [0.1, 0.15) is 11.3 Å². The predicted octanol–water partition coefficient (Wildman–Crippen LogP) is 3.07. The second-order valence-corrected chi connectivity index (χ2v) is 4.36. The molecule has 2 aromatic rings. The Morgan fingerprint density at radius 3 is 2.72 bits per heavy atom. The Morgan fingerprint density at radius 1 is 1.33 bits per heavy atom. The molecule has 0 spiro atoms. The standard InChI is InChI=1S/C14H16ClN3/c1-11-13(9-6-10-16-2)14(15)18(17-11)12-7-4-3-5-8-12/h3-9,16H,10H2,1-2H3. The Kier molecular flexibility index (Phi) is 4.18. The molecule has 1 N–H and O–H groups in total. The number of likely N-dealkylation sites (N-methyl/N-ethyl adjacent to an activating group) is 1. The highest BCUT2D eigenvalue weighted by Crippen LogP contribution is 2.24. The molecule has 0 bridgehead atoms. The van der Waals surface area contributed by atoms with E-state index in [1.54, 1.807) is 4.68 Å². The van der Waals surface area contributed by atoms with Crippen LogP contribution in [0.4, 0.5) is 0 Å². The normalized spacial score (nSPS) is 11.3. The van der Waals surface area contributed by atoms with E-state index in [0.29, 0.717) is 5.15 Å². The van der Waals surface area contributed by atoms with Crippen molar-refractivity contribution in [3.8, 4) is 5.69 Å². The third-order valence-electron chi connectivity index (χ3n) is 2.66. The monoisotopic (exact) mass is 261 g/mol. The Bertz CT molecular complexity index is 544. The lowest BCUT2D eigenvalue weighted by Gasteiger charge is -2.01. The lowest BCUT2D eigenvalue weighted by atomic mass is 10.2. The molecule has 2 rings (SSSR count). The van der Waals surface area contributed by atoms with Crippen LogP contribution in [0.2, 0.25) is 5.15 Å². The van der Waals surface area contributed by atoms with Crippen molar-refractivity contribution >= 4 is 17.7 Å². The van der Waals surface area contributed by atoms with Crippen LogP contribution >= 0.6 is 11.6 Å². The number of para-hydroxylation sites is 1.